The Labute approximate surface area is 133 Å². The molecule has 0 spiro atoms. The fourth-order valence-corrected chi connectivity index (χ4v) is 1.32. The highest BCUT2D eigenvalue weighted by Gasteiger charge is 2.28. The summed E-state index contributed by atoms with van der Waals surface area (Å²) in [4.78, 5) is 21.9. The standard InChI is InChI=1S/C14H20N4O2.C2H6/c1-11(19)5-7-13(3,9-15)17-18-14(4,10-16)8-6-12(2)20;1-2/h5-8H2,1-4H3;1-2H3. The molecule has 0 fully saturated rings. The molecule has 0 saturated carbocycles. The van der Waals surface area contributed by atoms with Crippen molar-refractivity contribution in [1.29, 1.82) is 10.5 Å². The number of ketones is 2. The van der Waals surface area contributed by atoms with Gasteiger partial charge < -0.3 is 9.59 Å². The van der Waals surface area contributed by atoms with E-state index in [-0.39, 0.29) is 37.2 Å². The van der Waals surface area contributed by atoms with Gasteiger partial charge in [-0.3, -0.25) is 0 Å². The normalized spacial score (nSPS) is 15.5. The molecule has 0 bridgehead atoms. The largest absolute Gasteiger partial charge is 0.300 e. The molecule has 0 N–H and O–H groups in total. The number of carbonyl (C=O) groups is 2. The number of nitrogens with zero attached hydrogens (tertiary/aromatic N) is 4. The van der Waals surface area contributed by atoms with E-state index in [0.717, 1.165) is 0 Å². The molecule has 0 aliphatic rings. The van der Waals surface area contributed by atoms with Crippen LogP contribution >= 0.6 is 0 Å². The number of carbonyl (C=O) groups excluding carboxylic acids is 2. The maximum absolute atomic E-state index is 11.0. The lowest BCUT2D eigenvalue weighted by Gasteiger charge is -2.18. The van der Waals surface area contributed by atoms with E-state index in [1.165, 1.54) is 13.8 Å². The summed E-state index contributed by atoms with van der Waals surface area (Å²) in [5, 5.41) is 26.2. The zero-order valence-electron chi connectivity index (χ0n) is 14.4. The molecule has 0 heterocycles. The van der Waals surface area contributed by atoms with Crippen LogP contribution in [0.1, 0.15) is 67.2 Å². The molecule has 122 valence electrons. The Morgan fingerprint density at radius 1 is 0.864 bits per heavy atom. The van der Waals surface area contributed by atoms with Crippen LogP contribution in [-0.2, 0) is 9.59 Å². The minimum absolute atomic E-state index is 0.0266. The third kappa shape index (κ3) is 9.77. The smallest absolute Gasteiger partial charge is 0.165 e. The lowest BCUT2D eigenvalue weighted by atomic mass is 9.96. The minimum atomic E-state index is -1.12. The molecule has 0 aromatic carbocycles. The first-order chi connectivity index (χ1) is 10.2. The van der Waals surface area contributed by atoms with Gasteiger partial charge in [0.15, 0.2) is 11.1 Å². The van der Waals surface area contributed by atoms with Crippen molar-refractivity contribution in [2.45, 2.75) is 78.3 Å². The first kappa shape index (κ1) is 22.2. The van der Waals surface area contributed by atoms with E-state index < -0.39 is 11.1 Å². The van der Waals surface area contributed by atoms with Crippen molar-refractivity contribution in [3.05, 3.63) is 0 Å². The highest BCUT2D eigenvalue weighted by molar-refractivity contribution is 5.75. The minimum Gasteiger partial charge on any atom is -0.300 e. The molecule has 0 aliphatic heterocycles. The van der Waals surface area contributed by atoms with Crippen molar-refractivity contribution in [2.24, 2.45) is 10.2 Å². The second-order valence-electron chi connectivity index (χ2n) is 5.38. The van der Waals surface area contributed by atoms with Crippen LogP contribution in [-0.4, -0.2) is 22.6 Å². The third-order valence-electron chi connectivity index (χ3n) is 2.90. The molecule has 22 heavy (non-hydrogen) atoms. The second kappa shape index (κ2) is 10.6. The molecule has 6 nitrogen and oxygen atoms in total. The van der Waals surface area contributed by atoms with Gasteiger partial charge in [-0.15, -0.1) is 0 Å². The van der Waals surface area contributed by atoms with Gasteiger partial charge in [0.1, 0.15) is 11.6 Å². The van der Waals surface area contributed by atoms with Crippen LogP contribution in [0.2, 0.25) is 0 Å². The maximum atomic E-state index is 11.0. The summed E-state index contributed by atoms with van der Waals surface area (Å²) in [7, 11) is 0. The SMILES string of the molecule is CC.CC(=O)CCC(C)(C#N)N=NC(C)(C#N)CCC(C)=O. The molecule has 0 aliphatic carbocycles. The molecular weight excluding hydrogens is 280 g/mol. The molecule has 0 aromatic heterocycles. The van der Waals surface area contributed by atoms with Gasteiger partial charge in [0.05, 0.1) is 12.1 Å². The third-order valence-corrected chi connectivity index (χ3v) is 2.90. The average molecular weight is 306 g/mol. The number of rotatable bonds is 8. The maximum Gasteiger partial charge on any atom is 0.165 e. The Bertz CT molecular complexity index is 443. The summed E-state index contributed by atoms with van der Waals surface area (Å²) < 4.78 is 0. The lowest BCUT2D eigenvalue weighted by Crippen LogP contribution is -2.24. The Balaban J connectivity index is 0. The van der Waals surface area contributed by atoms with Crippen molar-refractivity contribution in [3.63, 3.8) is 0 Å². The Morgan fingerprint density at radius 2 is 1.14 bits per heavy atom. The van der Waals surface area contributed by atoms with Gasteiger partial charge in [-0.1, -0.05) is 13.8 Å². The van der Waals surface area contributed by atoms with Crippen LogP contribution in [0, 0.1) is 22.7 Å². The summed E-state index contributed by atoms with van der Waals surface area (Å²) in [6, 6.07) is 4.01. The predicted molar refractivity (Wildman–Crippen MR) is 84.1 cm³/mol. The van der Waals surface area contributed by atoms with E-state index in [2.05, 4.69) is 10.2 Å². The van der Waals surface area contributed by atoms with Crippen LogP contribution < -0.4 is 0 Å². The first-order valence-electron chi connectivity index (χ1n) is 7.42. The molecule has 2 unspecified atom stereocenters. The van der Waals surface area contributed by atoms with Crippen molar-refractivity contribution >= 4 is 11.6 Å². The molecule has 0 aromatic rings. The number of hydrogen-bond donors (Lipinski definition) is 0. The molecule has 0 saturated heterocycles. The summed E-state index contributed by atoms with van der Waals surface area (Å²) in [5.41, 5.74) is -2.25. The highest BCUT2D eigenvalue weighted by atomic mass is 16.1. The Hall–Kier alpha value is -2.08. The second-order valence-corrected chi connectivity index (χ2v) is 5.38. The van der Waals surface area contributed by atoms with Crippen LogP contribution in [0.15, 0.2) is 10.2 Å². The molecule has 2 atom stereocenters. The highest BCUT2D eigenvalue weighted by Crippen LogP contribution is 2.23. The first-order valence-corrected chi connectivity index (χ1v) is 7.42. The predicted octanol–water partition coefficient (Wildman–Crippen LogP) is 3.77. The number of Topliss-reactive ketones (excluding diaryl/α,β-unsaturated/α-hetero) is 2. The topological polar surface area (TPSA) is 106 Å². The van der Waals surface area contributed by atoms with E-state index >= 15 is 0 Å². The summed E-state index contributed by atoms with van der Waals surface area (Å²) in [6.45, 7) is 10.0. The molecule has 0 radical (unpaired) electrons. The quantitative estimate of drug-likeness (QED) is 0.636. The Morgan fingerprint density at radius 3 is 1.32 bits per heavy atom. The average Bonchev–Trinajstić information content (AvgIpc) is 2.51. The monoisotopic (exact) mass is 306 g/mol. The molecule has 0 amide bonds. The zero-order valence-corrected chi connectivity index (χ0v) is 14.4. The van der Waals surface area contributed by atoms with E-state index in [1.54, 1.807) is 13.8 Å². The summed E-state index contributed by atoms with van der Waals surface area (Å²) in [6.07, 6.45) is 0.993. The Kier molecular flexibility index (Phi) is 10.7. The summed E-state index contributed by atoms with van der Waals surface area (Å²) in [5.74, 6) is -0.0531. The van der Waals surface area contributed by atoms with Crippen LogP contribution in [0.25, 0.3) is 0 Å². The van der Waals surface area contributed by atoms with Crippen LogP contribution in [0.3, 0.4) is 0 Å². The van der Waals surface area contributed by atoms with Gasteiger partial charge in [0.25, 0.3) is 0 Å². The van der Waals surface area contributed by atoms with Crippen molar-refractivity contribution in [3.8, 4) is 12.1 Å². The van der Waals surface area contributed by atoms with Crippen LogP contribution in [0.5, 0.6) is 0 Å². The van der Waals surface area contributed by atoms with Crippen molar-refractivity contribution < 1.29 is 9.59 Å². The number of hydrogen-bond acceptors (Lipinski definition) is 6. The zero-order chi connectivity index (χ0) is 17.8. The van der Waals surface area contributed by atoms with Gasteiger partial charge in [0.2, 0.25) is 0 Å². The summed E-state index contributed by atoms with van der Waals surface area (Å²) >= 11 is 0. The van der Waals surface area contributed by atoms with Gasteiger partial charge in [-0.25, -0.2) is 0 Å². The lowest BCUT2D eigenvalue weighted by molar-refractivity contribution is -0.118. The molecule has 6 heteroatoms. The van der Waals surface area contributed by atoms with E-state index in [9.17, 15) is 9.59 Å². The van der Waals surface area contributed by atoms with Gasteiger partial charge in [-0.05, 0) is 40.5 Å². The molecular formula is C16H26N4O2. The fourth-order valence-electron chi connectivity index (χ4n) is 1.32. The number of nitriles is 2. The van der Waals surface area contributed by atoms with E-state index in [4.69, 9.17) is 10.5 Å². The van der Waals surface area contributed by atoms with Crippen molar-refractivity contribution in [2.75, 3.05) is 0 Å². The van der Waals surface area contributed by atoms with Gasteiger partial charge >= 0.3 is 0 Å². The van der Waals surface area contributed by atoms with Crippen LogP contribution in [0.4, 0.5) is 0 Å². The number of azo groups is 1. The van der Waals surface area contributed by atoms with E-state index in [0.29, 0.717) is 0 Å². The van der Waals surface area contributed by atoms with Crippen molar-refractivity contribution in [1.82, 2.24) is 0 Å². The fraction of sp³-hybridized carbons (Fsp3) is 0.750. The van der Waals surface area contributed by atoms with Gasteiger partial charge in [-0.2, -0.15) is 20.8 Å². The van der Waals surface area contributed by atoms with Gasteiger partial charge in [0, 0.05) is 12.8 Å². The molecule has 0 rings (SSSR count). The van der Waals surface area contributed by atoms with E-state index in [1.807, 2.05) is 26.0 Å².